The van der Waals surface area contributed by atoms with Gasteiger partial charge in [0.05, 0.1) is 17.7 Å². The molecule has 8 nitrogen and oxygen atoms in total. The number of ether oxygens (including phenoxy) is 2. The second-order valence-electron chi connectivity index (χ2n) is 6.73. The van der Waals surface area contributed by atoms with E-state index in [0.717, 1.165) is 0 Å². The molecule has 0 saturated carbocycles. The number of halogens is 2. The number of carbonyl (C=O) groups excluding carboxylic acids is 1. The van der Waals surface area contributed by atoms with E-state index in [-0.39, 0.29) is 21.9 Å². The first-order valence-corrected chi connectivity index (χ1v) is 11.5. The van der Waals surface area contributed by atoms with Crippen molar-refractivity contribution in [3.05, 3.63) is 83.9 Å². The van der Waals surface area contributed by atoms with Gasteiger partial charge in [-0.25, -0.2) is 13.8 Å². The molecule has 1 amide bonds. The third-order valence-corrected chi connectivity index (χ3v) is 5.73. The Balaban J connectivity index is 1.57. The van der Waals surface area contributed by atoms with Gasteiger partial charge in [0.2, 0.25) is 0 Å². The average Bonchev–Trinajstić information content (AvgIpc) is 2.80. The molecule has 0 atom stereocenters. The number of amides is 1. The van der Waals surface area contributed by atoms with Gasteiger partial charge in [0, 0.05) is 11.3 Å². The molecule has 3 aromatic carbocycles. The Labute approximate surface area is 195 Å². The highest BCUT2D eigenvalue weighted by atomic mass is 32.2. The van der Waals surface area contributed by atoms with Crippen LogP contribution in [0, 0.1) is 0 Å². The topological polar surface area (TPSA) is 106 Å². The van der Waals surface area contributed by atoms with E-state index in [1.165, 1.54) is 66.9 Å². The molecule has 178 valence electrons. The largest absolute Gasteiger partial charge is 0.494 e. The van der Waals surface area contributed by atoms with Crippen molar-refractivity contribution in [1.29, 1.82) is 0 Å². The van der Waals surface area contributed by atoms with Crippen LogP contribution in [0.25, 0.3) is 0 Å². The van der Waals surface area contributed by atoms with Crippen molar-refractivity contribution in [2.45, 2.75) is 18.4 Å². The fourth-order valence-electron chi connectivity index (χ4n) is 2.75. The molecular weight excluding hydrogens is 468 g/mol. The summed E-state index contributed by atoms with van der Waals surface area (Å²) in [6.07, 6.45) is 1.34. The SMILES string of the molecule is CCOc1ccc(S(=O)(=O)Nc2ccc(C(=O)N/N=C/c3ccc(OC(F)F)cc3)cc2)cc1. The number of alkyl halides is 2. The lowest BCUT2D eigenvalue weighted by Crippen LogP contribution is -2.18. The lowest BCUT2D eigenvalue weighted by atomic mass is 10.2. The van der Waals surface area contributed by atoms with Crippen LogP contribution in [-0.2, 0) is 10.0 Å². The van der Waals surface area contributed by atoms with Gasteiger partial charge >= 0.3 is 6.61 Å². The number of benzene rings is 3. The summed E-state index contributed by atoms with van der Waals surface area (Å²) in [7, 11) is -3.81. The van der Waals surface area contributed by atoms with E-state index in [2.05, 4.69) is 20.0 Å². The van der Waals surface area contributed by atoms with Crippen LogP contribution in [0.5, 0.6) is 11.5 Å². The van der Waals surface area contributed by atoms with E-state index in [1.54, 1.807) is 12.1 Å². The Hall–Kier alpha value is -3.99. The molecule has 3 rings (SSSR count). The van der Waals surface area contributed by atoms with Crippen LogP contribution in [0.4, 0.5) is 14.5 Å². The van der Waals surface area contributed by atoms with Crippen LogP contribution >= 0.6 is 0 Å². The molecule has 0 aliphatic rings. The van der Waals surface area contributed by atoms with Crippen LogP contribution in [0.3, 0.4) is 0 Å². The number of sulfonamides is 1. The lowest BCUT2D eigenvalue weighted by molar-refractivity contribution is -0.0498. The van der Waals surface area contributed by atoms with Gasteiger partial charge in [-0.05, 0) is 85.3 Å². The van der Waals surface area contributed by atoms with Crippen LogP contribution in [0.1, 0.15) is 22.8 Å². The molecule has 11 heteroatoms. The Kier molecular flexibility index (Phi) is 8.14. The van der Waals surface area contributed by atoms with Crippen molar-refractivity contribution < 1.29 is 31.5 Å². The summed E-state index contributed by atoms with van der Waals surface area (Å²) in [4.78, 5) is 12.3. The molecule has 0 aliphatic carbocycles. The zero-order valence-corrected chi connectivity index (χ0v) is 18.8. The molecule has 0 saturated heterocycles. The second kappa shape index (κ2) is 11.2. The number of anilines is 1. The van der Waals surface area contributed by atoms with E-state index >= 15 is 0 Å². The second-order valence-corrected chi connectivity index (χ2v) is 8.42. The fourth-order valence-corrected chi connectivity index (χ4v) is 3.81. The van der Waals surface area contributed by atoms with Crippen molar-refractivity contribution in [2.75, 3.05) is 11.3 Å². The van der Waals surface area contributed by atoms with Crippen molar-refractivity contribution in [3.63, 3.8) is 0 Å². The molecule has 0 fully saturated rings. The summed E-state index contributed by atoms with van der Waals surface area (Å²) in [5.74, 6) is 0.0569. The molecule has 2 N–H and O–H groups in total. The van der Waals surface area contributed by atoms with E-state index < -0.39 is 22.5 Å². The number of carbonyl (C=O) groups is 1. The van der Waals surface area contributed by atoms with Crippen LogP contribution < -0.4 is 19.6 Å². The molecule has 34 heavy (non-hydrogen) atoms. The van der Waals surface area contributed by atoms with Gasteiger partial charge in [-0.2, -0.15) is 13.9 Å². The molecule has 0 aliphatic heterocycles. The van der Waals surface area contributed by atoms with Crippen molar-refractivity contribution in [1.82, 2.24) is 5.43 Å². The van der Waals surface area contributed by atoms with Crippen LogP contribution in [0.2, 0.25) is 0 Å². The minimum absolute atomic E-state index is 0.00873. The molecule has 0 radical (unpaired) electrons. The minimum atomic E-state index is -3.81. The maximum atomic E-state index is 12.5. The van der Waals surface area contributed by atoms with Crippen LogP contribution in [-0.4, -0.2) is 33.8 Å². The van der Waals surface area contributed by atoms with Crippen molar-refractivity contribution in [3.8, 4) is 11.5 Å². The Morgan fingerprint density at radius 3 is 2.18 bits per heavy atom. The highest BCUT2D eigenvalue weighted by Crippen LogP contribution is 2.20. The zero-order chi connectivity index (χ0) is 24.6. The third kappa shape index (κ3) is 7.01. The smallest absolute Gasteiger partial charge is 0.387 e. The molecule has 3 aromatic rings. The minimum Gasteiger partial charge on any atom is -0.494 e. The Morgan fingerprint density at radius 2 is 1.59 bits per heavy atom. The summed E-state index contributed by atoms with van der Waals surface area (Å²) in [6, 6.07) is 17.5. The zero-order valence-electron chi connectivity index (χ0n) is 17.9. The number of hydrogen-bond acceptors (Lipinski definition) is 6. The van der Waals surface area contributed by atoms with E-state index in [0.29, 0.717) is 17.9 Å². The summed E-state index contributed by atoms with van der Waals surface area (Å²) in [6.45, 7) is -0.605. The Morgan fingerprint density at radius 1 is 0.971 bits per heavy atom. The molecule has 0 bridgehead atoms. The number of hydrogen-bond donors (Lipinski definition) is 2. The van der Waals surface area contributed by atoms with Gasteiger partial charge in [0.25, 0.3) is 15.9 Å². The molecule has 0 spiro atoms. The van der Waals surface area contributed by atoms with Gasteiger partial charge in [0.15, 0.2) is 0 Å². The van der Waals surface area contributed by atoms with Gasteiger partial charge in [-0.3, -0.25) is 9.52 Å². The van der Waals surface area contributed by atoms with Gasteiger partial charge < -0.3 is 9.47 Å². The number of hydrazone groups is 1. The molecule has 0 unspecified atom stereocenters. The monoisotopic (exact) mass is 489 g/mol. The number of rotatable bonds is 10. The fraction of sp³-hybridized carbons (Fsp3) is 0.130. The molecule has 0 heterocycles. The van der Waals surface area contributed by atoms with Crippen molar-refractivity contribution in [2.24, 2.45) is 5.10 Å². The van der Waals surface area contributed by atoms with E-state index in [1.807, 2.05) is 6.92 Å². The highest BCUT2D eigenvalue weighted by Gasteiger charge is 2.15. The van der Waals surface area contributed by atoms with E-state index in [9.17, 15) is 22.0 Å². The van der Waals surface area contributed by atoms with Gasteiger partial charge in [0.1, 0.15) is 11.5 Å². The summed E-state index contributed by atoms with van der Waals surface area (Å²) in [5.41, 5.74) is 3.42. The normalized spacial score (nSPS) is 11.4. The molecule has 0 aromatic heterocycles. The average molecular weight is 490 g/mol. The number of nitrogens with zero attached hydrogens (tertiary/aromatic N) is 1. The van der Waals surface area contributed by atoms with Crippen molar-refractivity contribution >= 4 is 27.8 Å². The summed E-state index contributed by atoms with van der Waals surface area (Å²) < 4.78 is 61.4. The first kappa shape index (κ1) is 24.6. The maximum Gasteiger partial charge on any atom is 0.387 e. The van der Waals surface area contributed by atoms with Gasteiger partial charge in [-0.1, -0.05) is 0 Å². The third-order valence-electron chi connectivity index (χ3n) is 4.33. The first-order valence-electron chi connectivity index (χ1n) is 10.0. The quantitative estimate of drug-likeness (QED) is 0.327. The predicted octanol–water partition coefficient (Wildman–Crippen LogP) is 4.25. The summed E-state index contributed by atoms with van der Waals surface area (Å²) in [5, 5.41) is 3.82. The van der Waals surface area contributed by atoms with E-state index in [4.69, 9.17) is 4.74 Å². The highest BCUT2D eigenvalue weighted by molar-refractivity contribution is 7.92. The summed E-state index contributed by atoms with van der Waals surface area (Å²) >= 11 is 0. The maximum absolute atomic E-state index is 12.5. The number of nitrogens with one attached hydrogen (secondary N) is 2. The first-order chi connectivity index (χ1) is 16.3. The standard InChI is InChI=1S/C23H21F2N3O5S/c1-2-32-19-11-13-21(14-12-19)34(30,31)28-18-7-5-17(6-8-18)22(29)27-26-15-16-3-9-20(10-4-16)33-23(24)25/h3-15,23,28H,2H2,1H3,(H,27,29)/b26-15+. The lowest BCUT2D eigenvalue weighted by Gasteiger charge is -2.09. The van der Waals surface area contributed by atoms with Crippen LogP contribution in [0.15, 0.2) is 82.8 Å². The predicted molar refractivity (Wildman–Crippen MR) is 123 cm³/mol. The van der Waals surface area contributed by atoms with Gasteiger partial charge in [-0.15, -0.1) is 0 Å². The Bertz CT molecular complexity index is 1230. The molecular formula is C23H21F2N3O5S.